The minimum atomic E-state index is -0.168. The lowest BCUT2D eigenvalue weighted by molar-refractivity contribution is 0.156. The molecule has 1 aliphatic heterocycles. The molecule has 4 heteroatoms. The van der Waals surface area contributed by atoms with E-state index in [1.807, 2.05) is 12.1 Å². The molecule has 0 radical (unpaired) electrons. The van der Waals surface area contributed by atoms with Crippen molar-refractivity contribution >= 4 is 0 Å². The van der Waals surface area contributed by atoms with Crippen molar-refractivity contribution in [1.29, 1.82) is 0 Å². The van der Waals surface area contributed by atoms with Crippen LogP contribution in [-0.4, -0.2) is 36.3 Å². The smallest absolute Gasteiger partial charge is 0.129 e. The zero-order valence-electron chi connectivity index (χ0n) is 8.98. The average molecular weight is 211 g/mol. The van der Waals surface area contributed by atoms with Crippen LogP contribution in [0.25, 0.3) is 0 Å². The van der Waals surface area contributed by atoms with Gasteiger partial charge in [-0.05, 0) is 18.6 Å². The summed E-state index contributed by atoms with van der Waals surface area (Å²) in [5.74, 6) is 1.79. The van der Waals surface area contributed by atoms with Crippen LogP contribution >= 0.6 is 0 Å². The number of furan rings is 1. The number of β-amino-alcohol motifs (C(OH)–C–C–N with tert-alkyl or cyclic N) is 1. The van der Waals surface area contributed by atoms with Crippen LogP contribution < -0.4 is 0 Å². The molecule has 0 amide bonds. The van der Waals surface area contributed by atoms with Crippen LogP contribution in [0.1, 0.15) is 17.9 Å². The second-order valence-corrected chi connectivity index (χ2v) is 3.98. The maximum Gasteiger partial charge on any atom is 0.129 e. The third-order valence-electron chi connectivity index (χ3n) is 2.63. The summed E-state index contributed by atoms with van der Waals surface area (Å²) in [5, 5.41) is 9.37. The van der Waals surface area contributed by atoms with E-state index in [1.54, 1.807) is 7.11 Å². The minimum Gasteiger partial charge on any atom is -0.462 e. The maximum absolute atomic E-state index is 9.37. The lowest BCUT2D eigenvalue weighted by atomic mass is 10.3. The van der Waals surface area contributed by atoms with E-state index < -0.39 is 0 Å². The molecule has 1 N–H and O–H groups in total. The van der Waals surface area contributed by atoms with Gasteiger partial charge in [-0.1, -0.05) is 0 Å². The zero-order chi connectivity index (χ0) is 10.7. The number of hydrogen-bond acceptors (Lipinski definition) is 4. The fourth-order valence-corrected chi connectivity index (χ4v) is 1.90. The van der Waals surface area contributed by atoms with Gasteiger partial charge in [-0.2, -0.15) is 0 Å². The number of nitrogens with zero attached hydrogens (tertiary/aromatic N) is 1. The molecule has 2 rings (SSSR count). The Balaban J connectivity index is 1.87. The Kier molecular flexibility index (Phi) is 3.41. The van der Waals surface area contributed by atoms with E-state index >= 15 is 0 Å². The summed E-state index contributed by atoms with van der Waals surface area (Å²) in [5.41, 5.74) is 0. The predicted octanol–water partition coefficient (Wildman–Crippen LogP) is 0.993. The Bertz CT molecular complexity index is 311. The van der Waals surface area contributed by atoms with E-state index in [0.29, 0.717) is 6.61 Å². The number of hydrogen-bond donors (Lipinski definition) is 1. The number of likely N-dealkylation sites (tertiary alicyclic amines) is 1. The molecule has 0 aliphatic carbocycles. The SMILES string of the molecule is COCc1ccc(CN2CC[C@H](O)C2)o1. The molecule has 1 atom stereocenters. The van der Waals surface area contributed by atoms with Crippen LogP contribution in [0.2, 0.25) is 0 Å². The fourth-order valence-electron chi connectivity index (χ4n) is 1.90. The molecule has 1 aliphatic rings. The molecule has 1 aromatic heterocycles. The van der Waals surface area contributed by atoms with Crippen LogP contribution in [0, 0.1) is 0 Å². The number of aliphatic hydroxyl groups excluding tert-OH is 1. The van der Waals surface area contributed by atoms with Crippen LogP contribution in [0.5, 0.6) is 0 Å². The molecule has 0 saturated carbocycles. The van der Waals surface area contributed by atoms with Crippen LogP contribution in [0.15, 0.2) is 16.5 Å². The monoisotopic (exact) mass is 211 g/mol. The topological polar surface area (TPSA) is 45.8 Å². The molecule has 1 aromatic rings. The van der Waals surface area contributed by atoms with Crippen molar-refractivity contribution in [2.75, 3.05) is 20.2 Å². The fraction of sp³-hybridized carbons (Fsp3) is 0.636. The average Bonchev–Trinajstić information content (AvgIpc) is 2.78. The quantitative estimate of drug-likeness (QED) is 0.806. The first-order valence-corrected chi connectivity index (χ1v) is 5.25. The van der Waals surface area contributed by atoms with Crippen LogP contribution in [-0.2, 0) is 17.9 Å². The highest BCUT2D eigenvalue weighted by Gasteiger charge is 2.20. The molecule has 0 aromatic carbocycles. The van der Waals surface area contributed by atoms with Crippen molar-refractivity contribution in [2.24, 2.45) is 0 Å². The van der Waals surface area contributed by atoms with E-state index in [4.69, 9.17) is 9.15 Å². The normalized spacial score (nSPS) is 22.4. The molecule has 4 nitrogen and oxygen atoms in total. The number of aliphatic hydroxyl groups is 1. The number of ether oxygens (including phenoxy) is 1. The van der Waals surface area contributed by atoms with E-state index in [9.17, 15) is 5.11 Å². The maximum atomic E-state index is 9.37. The first kappa shape index (κ1) is 10.7. The summed E-state index contributed by atoms with van der Waals surface area (Å²) < 4.78 is 10.6. The summed E-state index contributed by atoms with van der Waals surface area (Å²) in [6.07, 6.45) is 0.699. The van der Waals surface area contributed by atoms with Crippen LogP contribution in [0.4, 0.5) is 0 Å². The molecule has 2 heterocycles. The van der Waals surface area contributed by atoms with Gasteiger partial charge in [-0.15, -0.1) is 0 Å². The van der Waals surface area contributed by atoms with Gasteiger partial charge >= 0.3 is 0 Å². The summed E-state index contributed by atoms with van der Waals surface area (Å²) in [4.78, 5) is 2.19. The molecule has 84 valence electrons. The van der Waals surface area contributed by atoms with E-state index in [2.05, 4.69) is 4.90 Å². The lowest BCUT2D eigenvalue weighted by Crippen LogP contribution is -2.21. The van der Waals surface area contributed by atoms with Crippen molar-refractivity contribution in [3.63, 3.8) is 0 Å². The van der Waals surface area contributed by atoms with Gasteiger partial charge in [0.2, 0.25) is 0 Å². The molecular formula is C11H17NO3. The largest absolute Gasteiger partial charge is 0.462 e. The molecular weight excluding hydrogens is 194 g/mol. The molecule has 0 spiro atoms. The molecule has 0 unspecified atom stereocenters. The van der Waals surface area contributed by atoms with Crippen molar-refractivity contribution in [3.05, 3.63) is 23.7 Å². The van der Waals surface area contributed by atoms with Gasteiger partial charge in [0.05, 0.1) is 12.6 Å². The molecule has 15 heavy (non-hydrogen) atoms. The van der Waals surface area contributed by atoms with Gasteiger partial charge in [-0.3, -0.25) is 4.90 Å². The summed E-state index contributed by atoms with van der Waals surface area (Å²) >= 11 is 0. The Labute approximate surface area is 89.4 Å². The first-order valence-electron chi connectivity index (χ1n) is 5.25. The van der Waals surface area contributed by atoms with Gasteiger partial charge in [0.1, 0.15) is 18.1 Å². The Morgan fingerprint density at radius 1 is 1.53 bits per heavy atom. The van der Waals surface area contributed by atoms with Crippen molar-refractivity contribution in [1.82, 2.24) is 4.90 Å². The summed E-state index contributed by atoms with van der Waals surface area (Å²) in [7, 11) is 1.65. The number of methoxy groups -OCH3 is 1. The second kappa shape index (κ2) is 4.79. The Morgan fingerprint density at radius 3 is 3.00 bits per heavy atom. The standard InChI is InChI=1S/C11H17NO3/c1-14-8-11-3-2-10(15-11)7-12-5-4-9(13)6-12/h2-3,9,13H,4-8H2,1H3/t9-/m0/s1. The van der Waals surface area contributed by atoms with Crippen molar-refractivity contribution < 1.29 is 14.3 Å². The predicted molar refractivity (Wildman–Crippen MR) is 55.3 cm³/mol. The van der Waals surface area contributed by atoms with Crippen LogP contribution in [0.3, 0.4) is 0 Å². The van der Waals surface area contributed by atoms with Gasteiger partial charge in [0.15, 0.2) is 0 Å². The number of rotatable bonds is 4. The van der Waals surface area contributed by atoms with Gasteiger partial charge in [0.25, 0.3) is 0 Å². The van der Waals surface area contributed by atoms with Gasteiger partial charge in [0, 0.05) is 20.2 Å². The second-order valence-electron chi connectivity index (χ2n) is 3.98. The van der Waals surface area contributed by atoms with E-state index in [0.717, 1.165) is 37.6 Å². The van der Waals surface area contributed by atoms with Gasteiger partial charge in [-0.25, -0.2) is 0 Å². The first-order chi connectivity index (χ1) is 7.28. The Hall–Kier alpha value is -0.840. The Morgan fingerprint density at radius 2 is 2.33 bits per heavy atom. The highest BCUT2D eigenvalue weighted by atomic mass is 16.5. The highest BCUT2D eigenvalue weighted by Crippen LogP contribution is 2.15. The minimum absolute atomic E-state index is 0.168. The highest BCUT2D eigenvalue weighted by molar-refractivity contribution is 5.06. The lowest BCUT2D eigenvalue weighted by Gasteiger charge is -2.12. The third kappa shape index (κ3) is 2.81. The third-order valence-corrected chi connectivity index (χ3v) is 2.63. The van der Waals surface area contributed by atoms with Gasteiger partial charge < -0.3 is 14.3 Å². The molecule has 1 fully saturated rings. The summed E-state index contributed by atoms with van der Waals surface area (Å²) in [6.45, 7) is 2.99. The van der Waals surface area contributed by atoms with E-state index in [1.165, 1.54) is 0 Å². The van der Waals surface area contributed by atoms with Crippen molar-refractivity contribution in [2.45, 2.75) is 25.7 Å². The zero-order valence-corrected chi connectivity index (χ0v) is 8.98. The summed E-state index contributed by atoms with van der Waals surface area (Å²) in [6, 6.07) is 3.91. The van der Waals surface area contributed by atoms with E-state index in [-0.39, 0.29) is 6.10 Å². The molecule has 0 bridgehead atoms. The van der Waals surface area contributed by atoms with Crippen molar-refractivity contribution in [3.8, 4) is 0 Å². The molecule has 1 saturated heterocycles.